The van der Waals surface area contributed by atoms with Crippen molar-refractivity contribution in [3.8, 4) is 0 Å². The number of nitrogens with zero attached hydrogens (tertiary/aromatic N) is 5. The number of aromatic nitrogens is 4. The number of hydrogen-bond acceptors (Lipinski definition) is 6. The number of amides is 1. The number of halogens is 1. The molecule has 2 aromatic heterocycles. The maximum absolute atomic E-state index is 11.8. The minimum absolute atomic E-state index is 0.116. The fourth-order valence-electron chi connectivity index (χ4n) is 3.10. The largest absolute Gasteiger partial charge is 0.366 e. The number of carbonyl (C=O) groups excluding carboxylic acids is 1. The Bertz CT molecular complexity index is 739. The fraction of sp³-hybridized carbons (Fsp3) is 0.625. The fourth-order valence-corrected chi connectivity index (χ4v) is 3.71. The molecule has 0 aromatic carbocycles. The van der Waals surface area contributed by atoms with Gasteiger partial charge in [-0.25, -0.2) is 14.6 Å². The second kappa shape index (κ2) is 8.09. The molecular formula is C16H24BrN7O. The monoisotopic (exact) mass is 409 g/mol. The SMILES string of the molecule is CCCNC(=O)CN1CCC(Nc2ncnc3c2c(Br)nn3C)CC1. The Kier molecular flexibility index (Phi) is 5.85. The van der Waals surface area contributed by atoms with Gasteiger partial charge in [0.05, 0.1) is 11.9 Å². The third kappa shape index (κ3) is 4.27. The maximum atomic E-state index is 11.8. The molecule has 1 aliphatic heterocycles. The lowest BCUT2D eigenvalue weighted by atomic mass is 10.0. The second-order valence-electron chi connectivity index (χ2n) is 6.38. The van der Waals surface area contributed by atoms with Gasteiger partial charge in [-0.1, -0.05) is 6.92 Å². The molecule has 1 fully saturated rings. The average molecular weight is 410 g/mol. The number of aryl methyl sites for hydroxylation is 1. The van der Waals surface area contributed by atoms with E-state index in [1.807, 2.05) is 7.05 Å². The van der Waals surface area contributed by atoms with Crippen LogP contribution in [0.15, 0.2) is 10.9 Å². The first kappa shape index (κ1) is 18.1. The van der Waals surface area contributed by atoms with E-state index >= 15 is 0 Å². The molecule has 0 unspecified atom stereocenters. The Morgan fingerprint density at radius 1 is 1.36 bits per heavy atom. The number of nitrogens with one attached hydrogen (secondary N) is 2. The molecule has 9 heteroatoms. The highest BCUT2D eigenvalue weighted by molar-refractivity contribution is 9.10. The highest BCUT2D eigenvalue weighted by Crippen LogP contribution is 2.28. The molecule has 3 heterocycles. The van der Waals surface area contributed by atoms with Crippen LogP contribution in [-0.2, 0) is 11.8 Å². The summed E-state index contributed by atoms with van der Waals surface area (Å²) in [7, 11) is 1.87. The summed E-state index contributed by atoms with van der Waals surface area (Å²) in [6.45, 7) is 5.10. The predicted octanol–water partition coefficient (Wildman–Crippen LogP) is 1.53. The number of hydrogen-bond donors (Lipinski definition) is 2. The molecule has 2 aromatic rings. The number of rotatable bonds is 6. The van der Waals surface area contributed by atoms with Gasteiger partial charge in [0.1, 0.15) is 16.7 Å². The van der Waals surface area contributed by atoms with Gasteiger partial charge in [-0.15, -0.1) is 0 Å². The molecule has 0 spiro atoms. The number of carbonyl (C=O) groups is 1. The molecule has 1 aliphatic rings. The first-order chi connectivity index (χ1) is 12.1. The highest BCUT2D eigenvalue weighted by atomic mass is 79.9. The first-order valence-corrected chi connectivity index (χ1v) is 9.46. The molecule has 1 amide bonds. The van der Waals surface area contributed by atoms with Crippen LogP contribution in [0.3, 0.4) is 0 Å². The summed E-state index contributed by atoms with van der Waals surface area (Å²) in [4.78, 5) is 22.7. The Labute approximate surface area is 155 Å². The van der Waals surface area contributed by atoms with Crippen molar-refractivity contribution in [3.05, 3.63) is 10.9 Å². The highest BCUT2D eigenvalue weighted by Gasteiger charge is 2.22. The zero-order chi connectivity index (χ0) is 17.8. The van der Waals surface area contributed by atoms with Gasteiger partial charge in [-0.05, 0) is 35.2 Å². The third-order valence-electron chi connectivity index (χ3n) is 4.45. The molecule has 25 heavy (non-hydrogen) atoms. The van der Waals surface area contributed by atoms with Crippen molar-refractivity contribution < 1.29 is 4.79 Å². The quantitative estimate of drug-likeness (QED) is 0.751. The van der Waals surface area contributed by atoms with E-state index in [0.717, 1.165) is 60.4 Å². The van der Waals surface area contributed by atoms with Crippen molar-refractivity contribution in [2.24, 2.45) is 7.05 Å². The van der Waals surface area contributed by atoms with E-state index < -0.39 is 0 Å². The van der Waals surface area contributed by atoms with Gasteiger partial charge >= 0.3 is 0 Å². The van der Waals surface area contributed by atoms with Crippen molar-refractivity contribution in [3.63, 3.8) is 0 Å². The maximum Gasteiger partial charge on any atom is 0.234 e. The number of fused-ring (bicyclic) bond motifs is 1. The van der Waals surface area contributed by atoms with Gasteiger partial charge < -0.3 is 10.6 Å². The van der Waals surface area contributed by atoms with E-state index in [-0.39, 0.29) is 5.91 Å². The molecule has 0 aliphatic carbocycles. The summed E-state index contributed by atoms with van der Waals surface area (Å²) in [5.41, 5.74) is 0.800. The number of anilines is 1. The van der Waals surface area contributed by atoms with E-state index in [0.29, 0.717) is 12.6 Å². The van der Waals surface area contributed by atoms with Crippen LogP contribution in [0, 0.1) is 0 Å². The van der Waals surface area contributed by atoms with Gasteiger partial charge in [0.15, 0.2) is 5.65 Å². The molecule has 0 atom stereocenters. The number of piperidine rings is 1. The molecule has 136 valence electrons. The van der Waals surface area contributed by atoms with E-state index in [9.17, 15) is 4.79 Å². The second-order valence-corrected chi connectivity index (χ2v) is 7.13. The van der Waals surface area contributed by atoms with Gasteiger partial charge in [0.2, 0.25) is 5.91 Å². The summed E-state index contributed by atoms with van der Waals surface area (Å²) in [5.74, 6) is 0.925. The van der Waals surface area contributed by atoms with Gasteiger partial charge in [0.25, 0.3) is 0 Å². The molecule has 0 saturated carbocycles. The summed E-state index contributed by atoms with van der Waals surface area (Å²) in [5, 5.41) is 11.7. The Balaban J connectivity index is 1.57. The minimum Gasteiger partial charge on any atom is -0.366 e. The molecule has 3 rings (SSSR count). The van der Waals surface area contributed by atoms with Gasteiger partial charge in [0, 0.05) is 32.7 Å². The van der Waals surface area contributed by atoms with Crippen molar-refractivity contribution in [1.82, 2.24) is 30.0 Å². The van der Waals surface area contributed by atoms with Crippen LogP contribution >= 0.6 is 15.9 Å². The topological polar surface area (TPSA) is 88.0 Å². The first-order valence-electron chi connectivity index (χ1n) is 8.67. The average Bonchev–Trinajstić information content (AvgIpc) is 2.90. The molecule has 2 N–H and O–H groups in total. The zero-order valence-corrected chi connectivity index (χ0v) is 16.2. The minimum atomic E-state index is 0.116. The van der Waals surface area contributed by atoms with E-state index in [4.69, 9.17) is 0 Å². The number of likely N-dealkylation sites (tertiary alicyclic amines) is 1. The van der Waals surface area contributed by atoms with Crippen LogP contribution in [0.1, 0.15) is 26.2 Å². The molecule has 0 bridgehead atoms. The summed E-state index contributed by atoms with van der Waals surface area (Å²) in [6, 6.07) is 0.333. The lowest BCUT2D eigenvalue weighted by Gasteiger charge is -2.32. The van der Waals surface area contributed by atoms with Crippen LogP contribution in [0.4, 0.5) is 5.82 Å². The van der Waals surface area contributed by atoms with Crippen LogP contribution < -0.4 is 10.6 Å². The molecule has 8 nitrogen and oxygen atoms in total. The Hall–Kier alpha value is -1.74. The predicted molar refractivity (Wildman–Crippen MR) is 100 cm³/mol. The van der Waals surface area contributed by atoms with Crippen molar-refractivity contribution >= 4 is 38.7 Å². The van der Waals surface area contributed by atoms with Gasteiger partial charge in [-0.2, -0.15) is 5.10 Å². The standard InChI is InChI=1S/C16H24BrN7O/c1-3-6-18-12(25)9-24-7-4-11(5-8-24)21-15-13-14(17)22-23(2)16(13)20-10-19-15/h10-11H,3-9H2,1-2H3,(H,18,25)(H,19,20,21). The van der Waals surface area contributed by atoms with E-state index in [2.05, 4.69) is 53.5 Å². The van der Waals surface area contributed by atoms with Crippen LogP contribution in [0.5, 0.6) is 0 Å². The van der Waals surface area contributed by atoms with Crippen molar-refractivity contribution in [2.75, 3.05) is 31.5 Å². The van der Waals surface area contributed by atoms with Crippen LogP contribution in [0.25, 0.3) is 11.0 Å². The molecule has 0 radical (unpaired) electrons. The molecule has 1 saturated heterocycles. The van der Waals surface area contributed by atoms with E-state index in [1.165, 1.54) is 0 Å². The Morgan fingerprint density at radius 2 is 2.12 bits per heavy atom. The Morgan fingerprint density at radius 3 is 2.84 bits per heavy atom. The van der Waals surface area contributed by atoms with Crippen molar-refractivity contribution in [1.29, 1.82) is 0 Å². The normalized spacial score (nSPS) is 16.3. The smallest absolute Gasteiger partial charge is 0.234 e. The third-order valence-corrected chi connectivity index (χ3v) is 5.00. The zero-order valence-electron chi connectivity index (χ0n) is 14.6. The molecular weight excluding hydrogens is 386 g/mol. The summed E-state index contributed by atoms with van der Waals surface area (Å²) >= 11 is 3.49. The van der Waals surface area contributed by atoms with Crippen LogP contribution in [0.2, 0.25) is 0 Å². The van der Waals surface area contributed by atoms with E-state index in [1.54, 1.807) is 11.0 Å². The van der Waals surface area contributed by atoms with Crippen LogP contribution in [-0.4, -0.2) is 62.8 Å². The lowest BCUT2D eigenvalue weighted by molar-refractivity contribution is -0.122. The lowest BCUT2D eigenvalue weighted by Crippen LogP contribution is -2.44. The van der Waals surface area contributed by atoms with Gasteiger partial charge in [-0.3, -0.25) is 9.69 Å². The summed E-state index contributed by atoms with van der Waals surface area (Å²) in [6.07, 6.45) is 4.48. The summed E-state index contributed by atoms with van der Waals surface area (Å²) < 4.78 is 2.49. The van der Waals surface area contributed by atoms with Crippen molar-refractivity contribution in [2.45, 2.75) is 32.2 Å².